The Labute approximate surface area is 182 Å². The maximum atomic E-state index is 13.6. The smallest absolute Gasteiger partial charge is 0.256 e. The van der Waals surface area contributed by atoms with Crippen LogP contribution < -0.4 is 9.47 Å². The molecule has 0 radical (unpaired) electrons. The van der Waals surface area contributed by atoms with Gasteiger partial charge in [0.15, 0.2) is 11.5 Å². The SMILES string of the molecule is Cc1cc(C(=O)N2CCCC2c2ccc3c(c2)OCCO3)c(C)n1Cc1ccccn1. The van der Waals surface area contributed by atoms with Crippen molar-refractivity contribution >= 4 is 5.91 Å². The number of aryl methyl sites for hydroxylation is 1. The largest absolute Gasteiger partial charge is 0.486 e. The van der Waals surface area contributed by atoms with Crippen molar-refractivity contribution in [2.45, 2.75) is 39.3 Å². The molecule has 0 N–H and O–H groups in total. The van der Waals surface area contributed by atoms with Gasteiger partial charge >= 0.3 is 0 Å². The molecular formula is C25H27N3O3. The Kier molecular flexibility index (Phi) is 5.14. The lowest BCUT2D eigenvalue weighted by atomic mass is 10.0. The van der Waals surface area contributed by atoms with Gasteiger partial charge in [-0.2, -0.15) is 0 Å². The van der Waals surface area contributed by atoms with Gasteiger partial charge in [0.2, 0.25) is 0 Å². The number of hydrogen-bond acceptors (Lipinski definition) is 4. The molecule has 6 heteroatoms. The van der Waals surface area contributed by atoms with E-state index >= 15 is 0 Å². The van der Waals surface area contributed by atoms with Crippen LogP contribution in [0.2, 0.25) is 0 Å². The number of likely N-dealkylation sites (tertiary alicyclic amines) is 1. The minimum atomic E-state index is 0.0576. The summed E-state index contributed by atoms with van der Waals surface area (Å²) < 4.78 is 13.6. The molecule has 31 heavy (non-hydrogen) atoms. The first-order valence-corrected chi connectivity index (χ1v) is 10.9. The zero-order chi connectivity index (χ0) is 21.4. The van der Waals surface area contributed by atoms with Crippen LogP contribution in [0.25, 0.3) is 0 Å². The summed E-state index contributed by atoms with van der Waals surface area (Å²) in [6.45, 7) is 6.65. The van der Waals surface area contributed by atoms with Crippen molar-refractivity contribution in [1.29, 1.82) is 0 Å². The van der Waals surface area contributed by atoms with Gasteiger partial charge in [-0.05, 0) is 62.6 Å². The Hall–Kier alpha value is -3.28. The van der Waals surface area contributed by atoms with Gasteiger partial charge in [-0.1, -0.05) is 12.1 Å². The van der Waals surface area contributed by atoms with Crippen LogP contribution in [0.1, 0.15) is 51.9 Å². The number of rotatable bonds is 4. The predicted molar refractivity (Wildman–Crippen MR) is 118 cm³/mol. The quantitative estimate of drug-likeness (QED) is 0.635. The lowest BCUT2D eigenvalue weighted by Crippen LogP contribution is -2.31. The van der Waals surface area contributed by atoms with Crippen LogP contribution >= 0.6 is 0 Å². The van der Waals surface area contributed by atoms with E-state index in [9.17, 15) is 4.79 Å². The van der Waals surface area contributed by atoms with Gasteiger partial charge in [-0.3, -0.25) is 9.78 Å². The van der Waals surface area contributed by atoms with Crippen LogP contribution in [0.15, 0.2) is 48.7 Å². The van der Waals surface area contributed by atoms with E-state index in [2.05, 4.69) is 22.5 Å². The summed E-state index contributed by atoms with van der Waals surface area (Å²) >= 11 is 0. The molecule has 1 saturated heterocycles. The number of pyridine rings is 1. The zero-order valence-corrected chi connectivity index (χ0v) is 18.0. The highest BCUT2D eigenvalue weighted by Crippen LogP contribution is 2.39. The summed E-state index contributed by atoms with van der Waals surface area (Å²) in [6.07, 6.45) is 3.76. The molecule has 0 saturated carbocycles. The van der Waals surface area contributed by atoms with Gasteiger partial charge in [0, 0.05) is 24.1 Å². The summed E-state index contributed by atoms with van der Waals surface area (Å²) in [6, 6.07) is 14.1. The number of benzene rings is 1. The number of nitrogens with zero attached hydrogens (tertiary/aromatic N) is 3. The molecule has 2 aliphatic heterocycles. The van der Waals surface area contributed by atoms with Crippen LogP contribution in [0.4, 0.5) is 0 Å². The van der Waals surface area contributed by atoms with Gasteiger partial charge in [0.25, 0.3) is 5.91 Å². The number of carbonyl (C=O) groups excluding carboxylic acids is 1. The van der Waals surface area contributed by atoms with Gasteiger partial charge in [-0.25, -0.2) is 0 Å². The van der Waals surface area contributed by atoms with Gasteiger partial charge in [0.05, 0.1) is 23.8 Å². The predicted octanol–water partition coefficient (Wildman–Crippen LogP) is 4.30. The number of fused-ring (bicyclic) bond motifs is 1. The highest BCUT2D eigenvalue weighted by molar-refractivity contribution is 5.96. The third kappa shape index (κ3) is 3.67. The van der Waals surface area contributed by atoms with E-state index < -0.39 is 0 Å². The van der Waals surface area contributed by atoms with Crippen molar-refractivity contribution < 1.29 is 14.3 Å². The lowest BCUT2D eigenvalue weighted by Gasteiger charge is -2.27. The monoisotopic (exact) mass is 417 g/mol. The molecule has 1 fully saturated rings. The van der Waals surface area contributed by atoms with Crippen LogP contribution in [0.3, 0.4) is 0 Å². The second-order valence-corrected chi connectivity index (χ2v) is 8.25. The summed E-state index contributed by atoms with van der Waals surface area (Å²) in [5, 5.41) is 0. The fraction of sp³-hybridized carbons (Fsp3) is 0.360. The molecule has 4 heterocycles. The average molecular weight is 418 g/mol. The molecule has 2 aromatic heterocycles. The molecule has 1 amide bonds. The standard InChI is InChI=1S/C25H27N3O3/c1-17-14-21(18(2)28(17)16-20-6-3-4-10-26-20)25(29)27-11-5-7-22(27)19-8-9-23-24(15-19)31-13-12-30-23/h3-4,6,8-10,14-15,22H,5,7,11-13,16H2,1-2H3. The summed E-state index contributed by atoms with van der Waals surface area (Å²) in [7, 11) is 0. The van der Waals surface area contributed by atoms with Crippen molar-refractivity contribution in [2.75, 3.05) is 19.8 Å². The molecule has 0 spiro atoms. The summed E-state index contributed by atoms with van der Waals surface area (Å²) in [5.74, 6) is 1.65. The van der Waals surface area contributed by atoms with Crippen LogP contribution in [-0.4, -0.2) is 40.1 Å². The fourth-order valence-corrected chi connectivity index (χ4v) is 4.69. The minimum Gasteiger partial charge on any atom is -0.486 e. The Morgan fingerprint density at radius 3 is 2.74 bits per heavy atom. The molecule has 6 nitrogen and oxygen atoms in total. The van der Waals surface area contributed by atoms with Crippen molar-refractivity contribution in [3.05, 3.63) is 76.9 Å². The molecule has 3 aromatic rings. The van der Waals surface area contributed by atoms with E-state index in [4.69, 9.17) is 9.47 Å². The minimum absolute atomic E-state index is 0.0576. The van der Waals surface area contributed by atoms with E-state index in [1.165, 1.54) is 0 Å². The van der Waals surface area contributed by atoms with E-state index in [0.717, 1.165) is 59.1 Å². The van der Waals surface area contributed by atoms with E-state index in [0.29, 0.717) is 19.8 Å². The molecule has 160 valence electrons. The second kappa shape index (κ2) is 8.10. The molecule has 1 aromatic carbocycles. The highest BCUT2D eigenvalue weighted by atomic mass is 16.6. The van der Waals surface area contributed by atoms with Crippen molar-refractivity contribution in [2.24, 2.45) is 0 Å². The maximum Gasteiger partial charge on any atom is 0.256 e. The first-order valence-electron chi connectivity index (χ1n) is 10.9. The number of ether oxygens (including phenoxy) is 2. The topological polar surface area (TPSA) is 56.6 Å². The number of carbonyl (C=O) groups is 1. The third-order valence-electron chi connectivity index (χ3n) is 6.31. The Balaban J connectivity index is 1.41. The maximum absolute atomic E-state index is 13.6. The van der Waals surface area contributed by atoms with E-state index in [-0.39, 0.29) is 11.9 Å². The first kappa shape index (κ1) is 19.7. The Bertz CT molecular complexity index is 1110. The Morgan fingerprint density at radius 2 is 1.94 bits per heavy atom. The zero-order valence-electron chi connectivity index (χ0n) is 18.0. The van der Waals surface area contributed by atoms with Crippen molar-refractivity contribution in [3.63, 3.8) is 0 Å². The lowest BCUT2D eigenvalue weighted by molar-refractivity contribution is 0.0734. The fourth-order valence-electron chi connectivity index (χ4n) is 4.69. The Morgan fingerprint density at radius 1 is 1.10 bits per heavy atom. The number of hydrogen-bond donors (Lipinski definition) is 0. The number of aromatic nitrogens is 2. The normalized spacial score (nSPS) is 17.7. The molecule has 2 aliphatic rings. The summed E-state index contributed by atoms with van der Waals surface area (Å²) in [5.41, 5.74) is 4.93. The van der Waals surface area contributed by atoms with Crippen LogP contribution in [0, 0.1) is 13.8 Å². The molecule has 1 unspecified atom stereocenters. The molecule has 5 rings (SSSR count). The molecule has 0 bridgehead atoms. The molecular weight excluding hydrogens is 390 g/mol. The second-order valence-electron chi connectivity index (χ2n) is 8.25. The molecule has 1 atom stereocenters. The van der Waals surface area contributed by atoms with E-state index in [1.807, 2.05) is 48.2 Å². The van der Waals surface area contributed by atoms with Crippen molar-refractivity contribution in [1.82, 2.24) is 14.5 Å². The first-order chi connectivity index (χ1) is 15.1. The van der Waals surface area contributed by atoms with Crippen molar-refractivity contribution in [3.8, 4) is 11.5 Å². The van der Waals surface area contributed by atoms with Gasteiger partial charge in [-0.15, -0.1) is 0 Å². The highest BCUT2D eigenvalue weighted by Gasteiger charge is 2.33. The van der Waals surface area contributed by atoms with Gasteiger partial charge < -0.3 is 18.9 Å². The van der Waals surface area contributed by atoms with Gasteiger partial charge in [0.1, 0.15) is 13.2 Å². The summed E-state index contributed by atoms with van der Waals surface area (Å²) in [4.78, 5) is 20.0. The van der Waals surface area contributed by atoms with Crippen LogP contribution in [-0.2, 0) is 6.54 Å². The number of amides is 1. The average Bonchev–Trinajstić information content (AvgIpc) is 3.40. The third-order valence-corrected chi connectivity index (χ3v) is 6.31. The molecule has 0 aliphatic carbocycles. The van der Waals surface area contributed by atoms with E-state index in [1.54, 1.807) is 6.20 Å². The van der Waals surface area contributed by atoms with Crippen LogP contribution in [0.5, 0.6) is 11.5 Å².